The van der Waals surface area contributed by atoms with E-state index in [1.54, 1.807) is 0 Å². The third-order valence-electron chi connectivity index (χ3n) is 22.6. The Morgan fingerprint density at radius 2 is 0.578 bits per heavy atom. The zero-order valence-electron chi connectivity index (χ0n) is 69.6. The smallest absolute Gasteiger partial charge is 0.137 e. The Hall–Kier alpha value is -13.5. The third kappa shape index (κ3) is 18.2. The number of nitrogens with zero attached hydrogens (tertiary/aromatic N) is 5. The molecule has 0 unspecified atom stereocenters. The Balaban J connectivity index is 0.000000106. The summed E-state index contributed by atoms with van der Waals surface area (Å²) in [6, 6.07) is 153. The molecule has 0 bridgehead atoms. The summed E-state index contributed by atoms with van der Waals surface area (Å²) in [6.45, 7) is 4.22. The molecule has 4 heterocycles. The lowest BCUT2D eigenvalue weighted by Crippen LogP contribution is -2.11. The van der Waals surface area contributed by atoms with Gasteiger partial charge in [0.2, 0.25) is 0 Å². The number of para-hydroxylation sites is 2. The average molecular weight is 2000 g/mol. The largest absolute Gasteiger partial charge is 0.456 e. The van der Waals surface area contributed by atoms with Gasteiger partial charge in [0, 0.05) is 116 Å². The Labute approximate surface area is 789 Å². The van der Waals surface area contributed by atoms with Gasteiger partial charge in [-0.15, -0.1) is 11.3 Å². The minimum absolute atomic E-state index is 0.890. The summed E-state index contributed by atoms with van der Waals surface area (Å²) in [7, 11) is 0. The van der Waals surface area contributed by atoms with Gasteiger partial charge in [-0.1, -0.05) is 327 Å². The highest BCUT2D eigenvalue weighted by Crippen LogP contribution is 2.50. The molecule has 0 saturated carbocycles. The topological polar surface area (TPSA) is 52.1 Å². The molecule has 0 fully saturated rings. The molecule has 0 aliphatic rings. The average Bonchev–Trinajstić information content (AvgIpc) is 1.57. The van der Waals surface area contributed by atoms with E-state index in [2.05, 4.69) is 500 Å². The van der Waals surface area contributed by atoms with Crippen molar-refractivity contribution < 1.29 is 8.83 Å². The molecule has 7 nitrogen and oxygen atoms in total. The van der Waals surface area contributed by atoms with E-state index in [0.717, 1.165) is 129 Å². The van der Waals surface area contributed by atoms with Crippen molar-refractivity contribution in [3.63, 3.8) is 0 Å². The molecule has 4 aromatic heterocycles. The van der Waals surface area contributed by atoms with Crippen LogP contribution in [0, 0.1) is 13.8 Å². The van der Waals surface area contributed by atoms with Crippen LogP contribution in [-0.2, 0) is 0 Å². The van der Waals surface area contributed by atoms with Crippen molar-refractivity contribution in [3.8, 4) is 11.1 Å². The van der Waals surface area contributed by atoms with E-state index in [1.165, 1.54) is 80.4 Å². The quantitative estimate of drug-likeness (QED) is 0.114. The van der Waals surface area contributed by atoms with Crippen LogP contribution >= 0.6 is 91.0 Å². The first-order valence-electron chi connectivity index (χ1n) is 42.0. The second kappa shape index (κ2) is 38.4. The van der Waals surface area contributed by atoms with Gasteiger partial charge < -0.3 is 28.4 Å². The zero-order chi connectivity index (χ0) is 87.0. The second-order valence-corrected chi connectivity index (χ2v) is 36.6. The molecule has 13 heteroatoms. The molecule has 0 saturated heterocycles. The second-order valence-electron chi connectivity index (χ2n) is 31.0. The maximum absolute atomic E-state index is 6.19. The fourth-order valence-corrected chi connectivity index (χ4v) is 19.2. The fourth-order valence-electron chi connectivity index (χ4n) is 16.5. The number of hydrogen-bond donors (Lipinski definition) is 0. The van der Waals surface area contributed by atoms with Crippen molar-refractivity contribution in [1.29, 1.82) is 0 Å². The van der Waals surface area contributed by atoms with Crippen LogP contribution in [-0.4, -0.2) is 4.98 Å². The number of thiophene rings is 1. The molecule has 0 aliphatic heterocycles. The van der Waals surface area contributed by atoms with Gasteiger partial charge in [0.15, 0.2) is 0 Å². The van der Waals surface area contributed by atoms with Gasteiger partial charge in [-0.25, -0.2) is 0 Å². The predicted molar refractivity (Wildman–Crippen MR) is 562 cm³/mol. The van der Waals surface area contributed by atoms with E-state index in [9.17, 15) is 0 Å². The standard InChI is InChI=1S/C28H18BrNO.C28H18BrNS.C27H19BrN2.C20H18BrN.C12H7BrO/c29-20-15-17-21(18-16-20)30(24-11-5-8-19-7-1-2-9-22(19)24)25-12-6-14-27-28(25)23-10-3-4-13-26(23)31-27;29-20-15-17-21(18-16-20)30(25-12-5-8-19-7-1-2-9-22(19)25)26-13-6-11-24-23-10-3-4-14-27(23)31-28(24)26;28-23-13-15-24(16-14-23)30(27-12-6-10-21-9-4-5-11-26(21)27)25-17-22(18-29-19-25)20-7-2-1-3-8-20;1-15-3-9-18(10-4-15)22(19-11-5-16(2)6-12-19)20-13-7-17(21)8-14-20;13-8-5-6-12-10(7-8)9-3-1-2-4-11(9)14-12/h2*1-18H;1-19H;3-14H,1-2H3;1-7H. The Kier molecular flexibility index (Phi) is 25.2. The SMILES string of the molecule is Brc1ccc(N(c2cccc3ccccc23)c2cccc3c2sc2ccccc23)cc1.Brc1ccc(N(c2cccc3ccccc23)c2cccc3oc4ccccc4c23)cc1.Brc1ccc(N(c2cncc(-c3ccccc3)c2)c2cccc3ccccc23)cc1.Brc1ccc2oc3ccccc3c2c1.Cc1ccc(N(c2ccc(C)cc2)c2ccc(Br)cc2)cc1. The minimum Gasteiger partial charge on any atom is -0.456 e. The molecule has 618 valence electrons. The van der Waals surface area contributed by atoms with E-state index < -0.39 is 0 Å². The molecule has 23 rings (SSSR count). The molecule has 23 aromatic rings. The van der Waals surface area contributed by atoms with Crippen LogP contribution in [0.4, 0.5) is 68.2 Å². The molecular weight excluding hydrogens is 1910 g/mol. The summed E-state index contributed by atoms with van der Waals surface area (Å²) < 4.78 is 19.9. The number of aromatic nitrogens is 1. The van der Waals surface area contributed by atoms with Crippen LogP contribution in [0.25, 0.3) is 107 Å². The van der Waals surface area contributed by atoms with Crippen LogP contribution in [0.2, 0.25) is 0 Å². The van der Waals surface area contributed by atoms with Crippen molar-refractivity contribution in [3.05, 3.63) is 483 Å². The number of halogens is 5. The van der Waals surface area contributed by atoms with Gasteiger partial charge >= 0.3 is 0 Å². The lowest BCUT2D eigenvalue weighted by atomic mass is 10.0. The van der Waals surface area contributed by atoms with Crippen molar-refractivity contribution in [2.45, 2.75) is 13.8 Å². The van der Waals surface area contributed by atoms with E-state index in [0.29, 0.717) is 0 Å². The Morgan fingerprint density at radius 1 is 0.227 bits per heavy atom. The molecule has 128 heavy (non-hydrogen) atoms. The van der Waals surface area contributed by atoms with Crippen molar-refractivity contribution in [2.24, 2.45) is 0 Å². The van der Waals surface area contributed by atoms with E-state index in [1.807, 2.05) is 78.3 Å². The molecular formula is C115H80Br5N5O2S. The Morgan fingerprint density at radius 3 is 1.11 bits per heavy atom. The Bertz CT molecular complexity index is 7730. The number of furan rings is 2. The molecule has 0 amide bonds. The molecule has 19 aromatic carbocycles. The van der Waals surface area contributed by atoms with Gasteiger partial charge in [0.25, 0.3) is 0 Å². The summed E-state index contributed by atoms with van der Waals surface area (Å²) in [4.78, 5) is 13.8. The summed E-state index contributed by atoms with van der Waals surface area (Å²) in [6.07, 6.45) is 3.85. The maximum atomic E-state index is 6.19. The van der Waals surface area contributed by atoms with Crippen molar-refractivity contribution in [2.75, 3.05) is 19.6 Å². The number of benzene rings is 19. The van der Waals surface area contributed by atoms with Gasteiger partial charge in [0.05, 0.1) is 50.4 Å². The molecule has 0 spiro atoms. The number of hydrogen-bond acceptors (Lipinski definition) is 8. The highest BCUT2D eigenvalue weighted by Gasteiger charge is 2.24. The number of anilines is 12. The van der Waals surface area contributed by atoms with Crippen LogP contribution in [0.5, 0.6) is 0 Å². The van der Waals surface area contributed by atoms with E-state index in [4.69, 9.17) is 8.83 Å². The van der Waals surface area contributed by atoms with Crippen molar-refractivity contribution >= 4 is 256 Å². The van der Waals surface area contributed by atoms with Gasteiger partial charge in [-0.3, -0.25) is 4.98 Å². The molecule has 0 radical (unpaired) electrons. The first kappa shape index (κ1) is 84.0. The lowest BCUT2D eigenvalue weighted by molar-refractivity contribution is 0.668. The zero-order valence-corrected chi connectivity index (χ0v) is 78.3. The van der Waals surface area contributed by atoms with Crippen LogP contribution in [0.3, 0.4) is 0 Å². The summed E-state index contributed by atoms with van der Waals surface area (Å²) in [5, 5.41) is 14.5. The maximum Gasteiger partial charge on any atom is 0.137 e. The van der Waals surface area contributed by atoms with Crippen LogP contribution in [0.15, 0.2) is 480 Å². The molecule has 0 aliphatic carbocycles. The lowest BCUT2D eigenvalue weighted by Gasteiger charge is -2.27. The number of pyridine rings is 1. The monoisotopic (exact) mass is 1990 g/mol. The fraction of sp³-hybridized carbons (Fsp3) is 0.0174. The highest BCUT2D eigenvalue weighted by molar-refractivity contribution is 9.11. The van der Waals surface area contributed by atoms with Gasteiger partial charge in [0.1, 0.15) is 22.3 Å². The number of fused-ring (bicyclic) bond motifs is 12. The summed E-state index contributed by atoms with van der Waals surface area (Å²) in [5.74, 6) is 0. The van der Waals surface area contributed by atoms with Gasteiger partial charge in [-0.2, -0.15) is 0 Å². The number of aryl methyl sites for hydroxylation is 2. The number of rotatable bonds is 13. The molecule has 0 atom stereocenters. The molecule has 0 N–H and O–H groups in total. The minimum atomic E-state index is 0.890. The van der Waals surface area contributed by atoms with E-state index >= 15 is 0 Å². The first-order valence-corrected chi connectivity index (χ1v) is 46.8. The van der Waals surface area contributed by atoms with Crippen LogP contribution in [0.1, 0.15) is 11.1 Å². The summed E-state index contributed by atoms with van der Waals surface area (Å²) in [5.41, 5.74) is 22.0. The van der Waals surface area contributed by atoms with Crippen molar-refractivity contribution in [1.82, 2.24) is 4.98 Å². The third-order valence-corrected chi connectivity index (χ3v) is 26.4. The normalized spacial score (nSPS) is 11.1. The van der Waals surface area contributed by atoms with Crippen LogP contribution < -0.4 is 19.6 Å². The van der Waals surface area contributed by atoms with E-state index in [-0.39, 0.29) is 0 Å². The predicted octanol–water partition coefficient (Wildman–Crippen LogP) is 37.4. The summed E-state index contributed by atoms with van der Waals surface area (Å²) >= 11 is 19.6. The first-order chi connectivity index (χ1) is 62.9. The van der Waals surface area contributed by atoms with Gasteiger partial charge in [-0.05, 0) is 236 Å². The highest BCUT2D eigenvalue weighted by atomic mass is 79.9.